The molecule has 0 aliphatic rings. The molecule has 338 valence electrons. The van der Waals surface area contributed by atoms with Crippen molar-refractivity contribution in [3.8, 4) is 39.6 Å². The monoisotopic (exact) mass is 927 g/mol. The fraction of sp³-hybridized carbons (Fsp3) is 0. The lowest BCUT2D eigenvalue weighted by Gasteiger charge is -2.15. The van der Waals surface area contributed by atoms with Crippen molar-refractivity contribution in [1.82, 2.24) is 23.7 Å². The highest BCUT2D eigenvalue weighted by Crippen LogP contribution is 2.43. The molecule has 0 N–H and O–H groups in total. The van der Waals surface area contributed by atoms with E-state index in [1.54, 1.807) is 0 Å². The highest BCUT2D eigenvalue weighted by molar-refractivity contribution is 6.17. The predicted molar refractivity (Wildman–Crippen MR) is 306 cm³/mol. The molecule has 0 spiro atoms. The van der Waals surface area contributed by atoms with Crippen molar-refractivity contribution in [3.63, 3.8) is 0 Å². The van der Waals surface area contributed by atoms with Gasteiger partial charge in [-0.1, -0.05) is 152 Å². The Balaban J connectivity index is 0.906. The molecule has 0 aliphatic carbocycles. The number of hydrogen-bond acceptors (Lipinski definition) is 2. The van der Waals surface area contributed by atoms with Crippen molar-refractivity contribution in [3.05, 3.63) is 249 Å². The Labute approximate surface area is 418 Å². The lowest BCUT2D eigenvalue weighted by Crippen LogP contribution is -1.98. The maximum Gasteiger partial charge on any atom is 0.0979 e. The molecule has 12 aromatic carbocycles. The summed E-state index contributed by atoms with van der Waals surface area (Å²) in [4.78, 5) is 10.9. The van der Waals surface area contributed by atoms with E-state index >= 15 is 0 Å². The van der Waals surface area contributed by atoms with Crippen molar-refractivity contribution in [2.45, 2.75) is 0 Å². The highest BCUT2D eigenvalue weighted by atomic mass is 15.0. The molecule has 4 heterocycles. The van der Waals surface area contributed by atoms with E-state index in [1.165, 1.54) is 75.9 Å². The van der Waals surface area contributed by atoms with Gasteiger partial charge in [0, 0.05) is 60.5 Å². The Morgan fingerprint density at radius 3 is 1.37 bits per heavy atom. The second-order valence-corrected chi connectivity index (χ2v) is 19.4. The SMILES string of the molecule is c1ccc(-n2c3ccccc3c3cc(-c4nc5ccccc5nc4-c4cccc5cc(-n6c7cc(-n8c9ccccc9c9cc%10ccccc%10cc98)ccc7c7cc8ccccc8cc76)ccc45)ccc32)cc1. The van der Waals surface area contributed by atoms with E-state index in [0.29, 0.717) is 0 Å². The van der Waals surface area contributed by atoms with Crippen molar-refractivity contribution in [2.75, 3.05) is 0 Å². The average molecular weight is 928 g/mol. The molecule has 4 aromatic heterocycles. The molecule has 0 bridgehead atoms. The Morgan fingerprint density at radius 2 is 0.699 bits per heavy atom. The normalized spacial score (nSPS) is 12.1. The standard InChI is InChI=1S/C68H41N5/c1-2-20-48(21-3-1)71-61-27-12-8-22-52(61)56-38-47(29-34-63(56)71)67-68(70-60-26-11-10-25-59(60)69-67)55-24-14-19-46-35-49(30-32-51(46)55)73-65-40-45-18-7-5-16-43(45)37-58(65)54-33-31-50(41-66(54)73)72-62-28-13-9-23-53(62)57-36-42-15-4-6-17-44(42)39-64(57)72/h1-41H. The minimum absolute atomic E-state index is 0.855. The van der Waals surface area contributed by atoms with Crippen LogP contribution in [0.1, 0.15) is 0 Å². The first-order valence-corrected chi connectivity index (χ1v) is 25.0. The summed E-state index contributed by atoms with van der Waals surface area (Å²) in [6.45, 7) is 0. The van der Waals surface area contributed by atoms with Crippen LogP contribution in [0.4, 0.5) is 0 Å². The Hall–Kier alpha value is -9.84. The van der Waals surface area contributed by atoms with Crippen LogP contribution in [0.25, 0.3) is 148 Å². The van der Waals surface area contributed by atoms with Gasteiger partial charge in [0.15, 0.2) is 0 Å². The number of benzene rings is 12. The van der Waals surface area contributed by atoms with Crippen molar-refractivity contribution < 1.29 is 0 Å². The molecule has 5 nitrogen and oxygen atoms in total. The van der Waals surface area contributed by atoms with Crippen LogP contribution in [0.5, 0.6) is 0 Å². The number of fused-ring (bicyclic) bond motifs is 13. The summed E-state index contributed by atoms with van der Waals surface area (Å²) in [5, 5.41) is 14.5. The zero-order valence-electron chi connectivity index (χ0n) is 39.4. The third kappa shape index (κ3) is 5.97. The van der Waals surface area contributed by atoms with E-state index < -0.39 is 0 Å². The Morgan fingerprint density at radius 1 is 0.233 bits per heavy atom. The van der Waals surface area contributed by atoms with Gasteiger partial charge >= 0.3 is 0 Å². The molecule has 0 aliphatic heterocycles. The maximum atomic E-state index is 5.47. The molecule has 5 heteroatoms. The highest BCUT2D eigenvalue weighted by Gasteiger charge is 2.22. The van der Waals surface area contributed by atoms with E-state index in [1.807, 2.05) is 12.1 Å². The van der Waals surface area contributed by atoms with Gasteiger partial charge in [-0.2, -0.15) is 0 Å². The third-order valence-corrected chi connectivity index (χ3v) is 15.3. The van der Waals surface area contributed by atoms with Gasteiger partial charge in [-0.25, -0.2) is 9.97 Å². The first-order valence-electron chi connectivity index (χ1n) is 25.0. The van der Waals surface area contributed by atoms with Crippen LogP contribution in [-0.2, 0) is 0 Å². The first-order chi connectivity index (χ1) is 36.2. The second kappa shape index (κ2) is 15.3. The van der Waals surface area contributed by atoms with Gasteiger partial charge in [-0.15, -0.1) is 0 Å². The topological polar surface area (TPSA) is 40.6 Å². The summed E-state index contributed by atoms with van der Waals surface area (Å²) in [7, 11) is 0. The van der Waals surface area contributed by atoms with Crippen LogP contribution >= 0.6 is 0 Å². The van der Waals surface area contributed by atoms with Crippen LogP contribution in [0.2, 0.25) is 0 Å². The van der Waals surface area contributed by atoms with Gasteiger partial charge in [0.2, 0.25) is 0 Å². The lowest BCUT2D eigenvalue weighted by atomic mass is 9.97. The molecule has 16 aromatic rings. The third-order valence-electron chi connectivity index (χ3n) is 15.3. The molecule has 0 atom stereocenters. The lowest BCUT2D eigenvalue weighted by molar-refractivity contribution is 1.16. The van der Waals surface area contributed by atoms with E-state index in [0.717, 1.165) is 72.4 Å². The molecular weight excluding hydrogens is 887 g/mol. The molecule has 0 fully saturated rings. The minimum Gasteiger partial charge on any atom is -0.309 e. The fourth-order valence-electron chi connectivity index (χ4n) is 12.0. The van der Waals surface area contributed by atoms with Crippen molar-refractivity contribution >= 4 is 109 Å². The molecule has 0 saturated heterocycles. The Kier molecular flexibility index (Phi) is 8.39. The zero-order valence-corrected chi connectivity index (χ0v) is 39.4. The van der Waals surface area contributed by atoms with Crippen LogP contribution in [0.3, 0.4) is 0 Å². The molecule has 73 heavy (non-hydrogen) atoms. The Bertz CT molecular complexity index is 4980. The number of para-hydroxylation sites is 5. The second-order valence-electron chi connectivity index (χ2n) is 19.4. The van der Waals surface area contributed by atoms with E-state index in [4.69, 9.17) is 9.97 Å². The fourth-order valence-corrected chi connectivity index (χ4v) is 12.0. The zero-order chi connectivity index (χ0) is 47.7. The number of hydrogen-bond donors (Lipinski definition) is 0. The van der Waals surface area contributed by atoms with Crippen LogP contribution in [0.15, 0.2) is 249 Å². The number of nitrogens with zero attached hydrogens (tertiary/aromatic N) is 5. The van der Waals surface area contributed by atoms with Gasteiger partial charge in [-0.05, 0) is 129 Å². The van der Waals surface area contributed by atoms with Crippen LogP contribution in [0, 0.1) is 0 Å². The molecule has 0 unspecified atom stereocenters. The molecule has 0 radical (unpaired) electrons. The number of rotatable bonds is 5. The van der Waals surface area contributed by atoms with Crippen LogP contribution in [-0.4, -0.2) is 23.7 Å². The van der Waals surface area contributed by atoms with E-state index in [2.05, 4.69) is 250 Å². The van der Waals surface area contributed by atoms with E-state index in [-0.39, 0.29) is 0 Å². The van der Waals surface area contributed by atoms with E-state index in [9.17, 15) is 0 Å². The first kappa shape index (κ1) is 39.9. The summed E-state index contributed by atoms with van der Waals surface area (Å²) in [6.07, 6.45) is 0. The summed E-state index contributed by atoms with van der Waals surface area (Å²) < 4.78 is 7.28. The van der Waals surface area contributed by atoms with Crippen molar-refractivity contribution in [2.24, 2.45) is 0 Å². The average Bonchev–Trinajstić information content (AvgIpc) is 4.07. The predicted octanol–water partition coefficient (Wildman–Crippen LogP) is 17.7. The molecule has 0 saturated carbocycles. The van der Waals surface area contributed by atoms with Gasteiger partial charge in [0.25, 0.3) is 0 Å². The summed E-state index contributed by atoms with van der Waals surface area (Å²) >= 11 is 0. The minimum atomic E-state index is 0.855. The van der Waals surface area contributed by atoms with Gasteiger partial charge in [-0.3, -0.25) is 0 Å². The maximum absolute atomic E-state index is 5.47. The summed E-state index contributed by atoms with van der Waals surface area (Å²) in [5.41, 5.74) is 15.9. The van der Waals surface area contributed by atoms with Gasteiger partial charge in [0.1, 0.15) is 0 Å². The smallest absolute Gasteiger partial charge is 0.0979 e. The van der Waals surface area contributed by atoms with Gasteiger partial charge < -0.3 is 13.7 Å². The summed E-state index contributed by atoms with van der Waals surface area (Å²) in [6, 6.07) is 90.5. The molecule has 16 rings (SSSR count). The van der Waals surface area contributed by atoms with Crippen molar-refractivity contribution in [1.29, 1.82) is 0 Å². The largest absolute Gasteiger partial charge is 0.309 e. The van der Waals surface area contributed by atoms with Gasteiger partial charge in [0.05, 0.1) is 55.5 Å². The molecule has 0 amide bonds. The molecular formula is C68H41N5. The number of aromatic nitrogens is 5. The summed E-state index contributed by atoms with van der Waals surface area (Å²) in [5.74, 6) is 0. The quantitative estimate of drug-likeness (QED) is 0.173. The van der Waals surface area contributed by atoms with Crippen LogP contribution < -0.4 is 0 Å².